The van der Waals surface area contributed by atoms with Gasteiger partial charge in [-0.1, -0.05) is 18.2 Å². The van der Waals surface area contributed by atoms with Crippen molar-refractivity contribution in [2.75, 3.05) is 5.32 Å². The van der Waals surface area contributed by atoms with E-state index in [9.17, 15) is 18.0 Å². The zero-order chi connectivity index (χ0) is 21.9. The van der Waals surface area contributed by atoms with E-state index in [2.05, 4.69) is 20.4 Å². The summed E-state index contributed by atoms with van der Waals surface area (Å²) in [5.41, 5.74) is 0.609. The van der Waals surface area contributed by atoms with Crippen LogP contribution < -0.4 is 10.1 Å². The number of hydrogen-bond donors (Lipinski definition) is 1. The minimum absolute atomic E-state index is 0.00711. The molecule has 0 bridgehead atoms. The van der Waals surface area contributed by atoms with Crippen molar-refractivity contribution in [3.8, 4) is 11.5 Å². The average Bonchev–Trinajstić information content (AvgIpc) is 2.93. The number of nitrogens with one attached hydrogen (secondary N) is 1. The third kappa shape index (κ3) is 4.94. The zero-order valence-electron chi connectivity index (χ0n) is 16.6. The van der Waals surface area contributed by atoms with Crippen molar-refractivity contribution in [1.29, 1.82) is 0 Å². The summed E-state index contributed by atoms with van der Waals surface area (Å²) in [5, 5.41) is 6.33. The monoisotopic (exact) mass is 419 g/mol. The van der Waals surface area contributed by atoms with E-state index in [1.807, 2.05) is 6.07 Å². The molecule has 0 aliphatic carbocycles. The van der Waals surface area contributed by atoms with E-state index in [0.29, 0.717) is 17.2 Å². The van der Waals surface area contributed by atoms with Gasteiger partial charge < -0.3 is 4.74 Å². The number of aromatic nitrogens is 4. The van der Waals surface area contributed by atoms with E-state index >= 15 is 0 Å². The van der Waals surface area contributed by atoms with Crippen molar-refractivity contribution in [1.82, 2.24) is 19.7 Å². The number of para-hydroxylation sites is 1. The number of amides is 1. The van der Waals surface area contributed by atoms with E-state index in [-0.39, 0.29) is 17.2 Å². The maximum absolute atomic E-state index is 13.7. The summed E-state index contributed by atoms with van der Waals surface area (Å²) in [6.45, 7) is 3.04. The molecule has 0 fully saturated rings. The van der Waals surface area contributed by atoms with Crippen LogP contribution in [-0.4, -0.2) is 31.8 Å². The molecule has 0 radical (unpaired) electrons. The number of carbonyl (C=O) groups is 1. The normalized spacial score (nSPS) is 12.5. The maximum atomic E-state index is 13.7. The molecule has 30 heavy (non-hydrogen) atoms. The number of ether oxygens (including phenoxy) is 1. The second-order valence-electron chi connectivity index (χ2n) is 6.71. The minimum Gasteiger partial charge on any atom is -0.454 e. The minimum atomic E-state index is -4.61. The van der Waals surface area contributed by atoms with Gasteiger partial charge in [-0.15, -0.1) is 0 Å². The van der Waals surface area contributed by atoms with Gasteiger partial charge in [-0.05, 0) is 26.0 Å². The highest BCUT2D eigenvalue weighted by Crippen LogP contribution is 2.40. The molecule has 1 N–H and O–H groups in total. The van der Waals surface area contributed by atoms with Gasteiger partial charge >= 0.3 is 6.18 Å². The van der Waals surface area contributed by atoms with Crippen molar-refractivity contribution in [2.24, 2.45) is 7.05 Å². The molecule has 3 aromatic rings. The highest BCUT2D eigenvalue weighted by Gasteiger charge is 2.44. The number of aryl methyl sites for hydroxylation is 2. The lowest BCUT2D eigenvalue weighted by Gasteiger charge is -2.20. The third-order valence-electron chi connectivity index (χ3n) is 4.56. The number of halogens is 3. The molecule has 10 heteroatoms. The Morgan fingerprint density at radius 1 is 1.13 bits per heavy atom. The number of alkyl halides is 3. The van der Waals surface area contributed by atoms with Gasteiger partial charge in [0.15, 0.2) is 5.75 Å². The first-order valence-electron chi connectivity index (χ1n) is 9.06. The lowest BCUT2D eigenvalue weighted by Crippen LogP contribution is -2.27. The SMILES string of the molecule is Cc1nn(C)c(C)c1C(CC(=O)Nc1ncc(Oc2ccccc2)cn1)C(F)(F)F. The van der Waals surface area contributed by atoms with Crippen molar-refractivity contribution in [2.45, 2.75) is 32.4 Å². The summed E-state index contributed by atoms with van der Waals surface area (Å²) in [7, 11) is 1.56. The Bertz CT molecular complexity index is 1020. The summed E-state index contributed by atoms with van der Waals surface area (Å²) >= 11 is 0. The van der Waals surface area contributed by atoms with Crippen LogP contribution in [0.15, 0.2) is 42.7 Å². The van der Waals surface area contributed by atoms with Gasteiger partial charge in [-0.2, -0.15) is 18.3 Å². The molecule has 7 nitrogen and oxygen atoms in total. The van der Waals surface area contributed by atoms with Crippen molar-refractivity contribution in [3.05, 3.63) is 59.7 Å². The Morgan fingerprint density at radius 3 is 2.30 bits per heavy atom. The molecule has 0 saturated heterocycles. The summed E-state index contributed by atoms with van der Waals surface area (Å²) in [6, 6.07) is 8.93. The van der Waals surface area contributed by atoms with Crippen LogP contribution >= 0.6 is 0 Å². The predicted octanol–water partition coefficient (Wildman–Crippen LogP) is 4.29. The third-order valence-corrected chi connectivity index (χ3v) is 4.56. The van der Waals surface area contributed by atoms with Gasteiger partial charge in [0.25, 0.3) is 0 Å². The predicted molar refractivity (Wildman–Crippen MR) is 103 cm³/mol. The van der Waals surface area contributed by atoms with Gasteiger partial charge in [0.1, 0.15) is 5.75 Å². The molecule has 158 valence electrons. The number of rotatable bonds is 6. The van der Waals surface area contributed by atoms with Crippen molar-refractivity contribution in [3.63, 3.8) is 0 Å². The van der Waals surface area contributed by atoms with E-state index in [1.165, 1.54) is 24.0 Å². The first-order chi connectivity index (χ1) is 14.1. The smallest absolute Gasteiger partial charge is 0.396 e. The van der Waals surface area contributed by atoms with E-state index in [4.69, 9.17) is 4.74 Å². The number of nitrogens with zero attached hydrogens (tertiary/aromatic N) is 4. The molecule has 0 aliphatic rings. The number of carbonyl (C=O) groups excluding carboxylic acids is 1. The van der Waals surface area contributed by atoms with Crippen LogP contribution in [0.5, 0.6) is 11.5 Å². The van der Waals surface area contributed by atoms with Crippen LogP contribution in [0, 0.1) is 13.8 Å². The summed E-state index contributed by atoms with van der Waals surface area (Å²) in [6.07, 6.45) is -2.76. The Labute approximate surface area is 170 Å². The van der Waals surface area contributed by atoms with E-state index in [0.717, 1.165) is 0 Å². The van der Waals surface area contributed by atoms with Gasteiger partial charge in [-0.25, -0.2) is 9.97 Å². The van der Waals surface area contributed by atoms with Crippen LogP contribution in [0.1, 0.15) is 29.3 Å². The van der Waals surface area contributed by atoms with Crippen LogP contribution in [0.25, 0.3) is 0 Å². The van der Waals surface area contributed by atoms with Gasteiger partial charge in [-0.3, -0.25) is 14.8 Å². The number of anilines is 1. The summed E-state index contributed by atoms with van der Waals surface area (Å²) < 4.78 is 47.9. The molecule has 1 unspecified atom stereocenters. The van der Waals surface area contributed by atoms with Crippen molar-refractivity contribution < 1.29 is 22.7 Å². The van der Waals surface area contributed by atoms with Crippen LogP contribution in [0.4, 0.5) is 19.1 Å². The summed E-state index contributed by atoms with van der Waals surface area (Å²) in [5.74, 6) is -2.04. The first kappa shape index (κ1) is 21.3. The van der Waals surface area contributed by atoms with Crippen LogP contribution in [0.2, 0.25) is 0 Å². The van der Waals surface area contributed by atoms with Gasteiger partial charge in [0.2, 0.25) is 11.9 Å². The lowest BCUT2D eigenvalue weighted by atomic mass is 9.93. The molecule has 3 rings (SSSR count). The molecule has 1 atom stereocenters. The first-order valence-corrected chi connectivity index (χ1v) is 9.06. The molecule has 0 aliphatic heterocycles. The summed E-state index contributed by atoms with van der Waals surface area (Å²) in [4.78, 5) is 20.2. The maximum Gasteiger partial charge on any atom is 0.396 e. The van der Waals surface area contributed by atoms with Crippen LogP contribution in [0.3, 0.4) is 0 Å². The highest BCUT2D eigenvalue weighted by molar-refractivity contribution is 5.89. The van der Waals surface area contributed by atoms with Crippen LogP contribution in [-0.2, 0) is 11.8 Å². The molecular formula is C20H20F3N5O2. The number of benzene rings is 1. The highest BCUT2D eigenvalue weighted by atomic mass is 19.4. The molecule has 0 saturated carbocycles. The quantitative estimate of drug-likeness (QED) is 0.645. The molecule has 0 spiro atoms. The largest absolute Gasteiger partial charge is 0.454 e. The topological polar surface area (TPSA) is 81.9 Å². The van der Waals surface area contributed by atoms with Crippen molar-refractivity contribution >= 4 is 11.9 Å². The van der Waals surface area contributed by atoms with Gasteiger partial charge in [0.05, 0.1) is 24.0 Å². The van der Waals surface area contributed by atoms with E-state index < -0.39 is 24.4 Å². The molecular weight excluding hydrogens is 399 g/mol. The molecule has 2 heterocycles. The van der Waals surface area contributed by atoms with E-state index in [1.54, 1.807) is 38.2 Å². The Hall–Kier alpha value is -3.43. The Morgan fingerprint density at radius 2 is 1.77 bits per heavy atom. The average molecular weight is 419 g/mol. The second kappa shape index (κ2) is 8.52. The molecule has 1 amide bonds. The molecule has 1 aromatic carbocycles. The standard InChI is InChI=1S/C20H20F3N5O2/c1-12-18(13(2)28(3)27-12)16(20(21,22)23)9-17(29)26-19-24-10-15(11-25-19)30-14-7-5-4-6-8-14/h4-8,10-11,16H,9H2,1-3H3,(H,24,25,26,29). The zero-order valence-corrected chi connectivity index (χ0v) is 16.6. The number of hydrogen-bond acceptors (Lipinski definition) is 5. The second-order valence-corrected chi connectivity index (χ2v) is 6.71. The fourth-order valence-electron chi connectivity index (χ4n) is 3.09. The van der Waals surface area contributed by atoms with Gasteiger partial charge in [0, 0.05) is 24.7 Å². The molecule has 2 aromatic heterocycles. The fraction of sp³-hybridized carbons (Fsp3) is 0.300. The lowest BCUT2D eigenvalue weighted by molar-refractivity contribution is -0.156. The Kier molecular flexibility index (Phi) is 6.04. The Balaban J connectivity index is 1.70. The fourth-order valence-corrected chi connectivity index (χ4v) is 3.09.